The number of hydrogen-bond donors (Lipinski definition) is 1. The largest absolute Gasteiger partial charge is 0.396 e. The molecule has 16 heavy (non-hydrogen) atoms. The first kappa shape index (κ1) is 11.6. The maximum Gasteiger partial charge on any atom is 0.0899 e. The molecule has 0 atom stereocenters. The molecule has 0 saturated carbocycles. The van der Waals surface area contributed by atoms with Crippen molar-refractivity contribution in [3.05, 3.63) is 28.5 Å². The lowest BCUT2D eigenvalue weighted by Crippen LogP contribution is -2.14. The number of hydrogen-bond acceptors (Lipinski definition) is 2. The highest BCUT2D eigenvalue weighted by Gasteiger charge is 2.23. The Hall–Kier alpha value is -0.830. The van der Waals surface area contributed by atoms with E-state index in [1.165, 1.54) is 12.0 Å². The molecular formula is C13H17BrN2. The highest BCUT2D eigenvalue weighted by Crippen LogP contribution is 2.39. The van der Waals surface area contributed by atoms with Gasteiger partial charge in [0.05, 0.1) is 11.4 Å². The van der Waals surface area contributed by atoms with Crippen molar-refractivity contribution in [2.24, 2.45) is 5.41 Å². The first-order valence-corrected chi connectivity index (χ1v) is 6.38. The molecule has 0 bridgehead atoms. The molecule has 0 fully saturated rings. The molecule has 0 radical (unpaired) electrons. The smallest absolute Gasteiger partial charge is 0.0899 e. The summed E-state index contributed by atoms with van der Waals surface area (Å²) >= 11 is 3.44. The van der Waals surface area contributed by atoms with Crippen LogP contribution >= 0.6 is 15.9 Å². The fourth-order valence-electron chi connectivity index (χ4n) is 2.00. The third-order valence-corrected chi connectivity index (χ3v) is 3.90. The lowest BCUT2D eigenvalue weighted by molar-refractivity contribution is 0.335. The molecule has 0 unspecified atom stereocenters. The van der Waals surface area contributed by atoms with Crippen LogP contribution in [0.25, 0.3) is 5.57 Å². The van der Waals surface area contributed by atoms with Crippen molar-refractivity contribution in [2.75, 3.05) is 5.73 Å². The predicted molar refractivity (Wildman–Crippen MR) is 72.0 cm³/mol. The zero-order chi connectivity index (χ0) is 11.8. The molecule has 0 amide bonds. The van der Waals surface area contributed by atoms with E-state index in [2.05, 4.69) is 40.8 Å². The summed E-state index contributed by atoms with van der Waals surface area (Å²) in [5, 5.41) is 0. The van der Waals surface area contributed by atoms with E-state index in [1.807, 2.05) is 6.07 Å². The average Bonchev–Trinajstić information content (AvgIpc) is 2.23. The number of rotatable bonds is 1. The van der Waals surface area contributed by atoms with Crippen LogP contribution in [0.4, 0.5) is 5.69 Å². The first-order chi connectivity index (χ1) is 7.49. The van der Waals surface area contributed by atoms with Gasteiger partial charge < -0.3 is 5.73 Å². The quantitative estimate of drug-likeness (QED) is 0.844. The molecule has 1 aliphatic rings. The van der Waals surface area contributed by atoms with Crippen LogP contribution in [-0.4, -0.2) is 4.98 Å². The molecule has 1 aliphatic carbocycles. The van der Waals surface area contributed by atoms with Crippen molar-refractivity contribution < 1.29 is 0 Å². The Balaban J connectivity index is 2.33. The fourth-order valence-corrected chi connectivity index (χ4v) is 2.30. The second kappa shape index (κ2) is 4.21. The van der Waals surface area contributed by atoms with Crippen LogP contribution in [0.15, 0.2) is 22.8 Å². The van der Waals surface area contributed by atoms with Gasteiger partial charge in [0, 0.05) is 10.7 Å². The monoisotopic (exact) mass is 280 g/mol. The molecule has 0 aromatic carbocycles. The number of allylic oxidation sites excluding steroid dienone is 2. The maximum absolute atomic E-state index is 6.03. The van der Waals surface area contributed by atoms with Crippen molar-refractivity contribution in [1.29, 1.82) is 0 Å². The van der Waals surface area contributed by atoms with E-state index >= 15 is 0 Å². The van der Waals surface area contributed by atoms with Gasteiger partial charge in [0.25, 0.3) is 0 Å². The standard InChI is InChI=1S/C13H17BrN2/c1-13(2)6-3-9(4-7-13)12-11(15)10(14)5-8-16-12/h3,5,8H,4,6-7,15H2,1-2H3. The summed E-state index contributed by atoms with van der Waals surface area (Å²) in [4.78, 5) is 4.39. The normalized spacial score (nSPS) is 19.3. The topological polar surface area (TPSA) is 38.9 Å². The van der Waals surface area contributed by atoms with Crippen molar-refractivity contribution in [3.63, 3.8) is 0 Å². The van der Waals surface area contributed by atoms with E-state index in [1.54, 1.807) is 6.20 Å². The summed E-state index contributed by atoms with van der Waals surface area (Å²) in [6, 6.07) is 1.88. The molecule has 2 nitrogen and oxygen atoms in total. The Morgan fingerprint density at radius 2 is 2.19 bits per heavy atom. The summed E-state index contributed by atoms with van der Waals surface area (Å²) in [5.74, 6) is 0. The van der Waals surface area contributed by atoms with E-state index in [-0.39, 0.29) is 0 Å². The number of nitrogen functional groups attached to an aromatic ring is 1. The summed E-state index contributed by atoms with van der Waals surface area (Å²) < 4.78 is 0.934. The van der Waals surface area contributed by atoms with Gasteiger partial charge in [-0.15, -0.1) is 0 Å². The molecule has 1 aromatic heterocycles. The van der Waals surface area contributed by atoms with E-state index in [0.717, 1.165) is 28.7 Å². The van der Waals surface area contributed by atoms with Crippen LogP contribution in [-0.2, 0) is 0 Å². The van der Waals surface area contributed by atoms with Gasteiger partial charge in [-0.3, -0.25) is 4.98 Å². The van der Waals surface area contributed by atoms with Crippen LogP contribution in [0.2, 0.25) is 0 Å². The van der Waals surface area contributed by atoms with Gasteiger partial charge in [0.15, 0.2) is 0 Å². The minimum absolute atomic E-state index is 0.421. The maximum atomic E-state index is 6.03. The first-order valence-electron chi connectivity index (χ1n) is 5.59. The molecule has 0 saturated heterocycles. The summed E-state index contributed by atoms with van der Waals surface area (Å²) in [6.45, 7) is 4.61. The molecule has 2 rings (SSSR count). The lowest BCUT2D eigenvalue weighted by Gasteiger charge is -2.28. The van der Waals surface area contributed by atoms with Gasteiger partial charge in [0.2, 0.25) is 0 Å². The zero-order valence-corrected chi connectivity index (χ0v) is 11.3. The van der Waals surface area contributed by atoms with Gasteiger partial charge in [0.1, 0.15) is 0 Å². The van der Waals surface area contributed by atoms with Crippen LogP contribution in [0, 0.1) is 5.41 Å². The molecule has 1 aromatic rings. The van der Waals surface area contributed by atoms with Crippen molar-refractivity contribution in [1.82, 2.24) is 4.98 Å². The fraction of sp³-hybridized carbons (Fsp3) is 0.462. The second-order valence-electron chi connectivity index (χ2n) is 5.15. The molecule has 3 heteroatoms. The van der Waals surface area contributed by atoms with Gasteiger partial charge >= 0.3 is 0 Å². The van der Waals surface area contributed by atoms with Crippen LogP contribution in [0.3, 0.4) is 0 Å². The zero-order valence-electron chi connectivity index (χ0n) is 9.76. The van der Waals surface area contributed by atoms with Gasteiger partial charge in [-0.1, -0.05) is 19.9 Å². The minimum atomic E-state index is 0.421. The molecule has 86 valence electrons. The van der Waals surface area contributed by atoms with Crippen molar-refractivity contribution >= 4 is 27.2 Å². The number of nitrogens with two attached hydrogens (primary N) is 1. The Bertz CT molecular complexity index is 436. The number of anilines is 1. The highest BCUT2D eigenvalue weighted by molar-refractivity contribution is 9.10. The summed E-state index contributed by atoms with van der Waals surface area (Å²) in [5.41, 5.74) is 9.45. The second-order valence-corrected chi connectivity index (χ2v) is 6.01. The Morgan fingerprint density at radius 3 is 2.81 bits per heavy atom. The summed E-state index contributed by atoms with van der Waals surface area (Å²) in [6.07, 6.45) is 7.47. The number of nitrogens with zero attached hydrogens (tertiary/aromatic N) is 1. The van der Waals surface area contributed by atoms with E-state index < -0.39 is 0 Å². The van der Waals surface area contributed by atoms with Gasteiger partial charge in [-0.25, -0.2) is 0 Å². The minimum Gasteiger partial charge on any atom is -0.396 e. The Labute approximate surface area is 105 Å². The number of halogens is 1. The van der Waals surface area contributed by atoms with Crippen LogP contribution in [0.5, 0.6) is 0 Å². The lowest BCUT2D eigenvalue weighted by atomic mass is 9.77. The van der Waals surface area contributed by atoms with Crippen molar-refractivity contribution in [3.8, 4) is 0 Å². The summed E-state index contributed by atoms with van der Waals surface area (Å²) in [7, 11) is 0. The van der Waals surface area contributed by atoms with Gasteiger partial charge in [-0.2, -0.15) is 0 Å². The third kappa shape index (κ3) is 2.29. The molecular weight excluding hydrogens is 264 g/mol. The van der Waals surface area contributed by atoms with Crippen LogP contribution < -0.4 is 5.73 Å². The average molecular weight is 281 g/mol. The van der Waals surface area contributed by atoms with Gasteiger partial charge in [-0.05, 0) is 52.2 Å². The molecule has 1 heterocycles. The number of aromatic nitrogens is 1. The Kier molecular flexibility index (Phi) is 3.06. The third-order valence-electron chi connectivity index (χ3n) is 3.21. The number of pyridine rings is 1. The molecule has 0 aliphatic heterocycles. The van der Waals surface area contributed by atoms with Crippen LogP contribution in [0.1, 0.15) is 38.8 Å². The Morgan fingerprint density at radius 1 is 1.44 bits per heavy atom. The van der Waals surface area contributed by atoms with E-state index in [9.17, 15) is 0 Å². The molecule has 2 N–H and O–H groups in total. The highest BCUT2D eigenvalue weighted by atomic mass is 79.9. The predicted octanol–water partition coefficient (Wildman–Crippen LogP) is 4.02. The molecule has 0 spiro atoms. The SMILES string of the molecule is CC1(C)CC=C(c2nccc(Br)c2N)CC1. The van der Waals surface area contributed by atoms with E-state index in [0.29, 0.717) is 5.41 Å². The van der Waals surface area contributed by atoms with Crippen molar-refractivity contribution in [2.45, 2.75) is 33.1 Å². The van der Waals surface area contributed by atoms with E-state index in [4.69, 9.17) is 5.73 Å².